The molecule has 1 aliphatic rings. The minimum Gasteiger partial charge on any atom is -0.284 e. The van der Waals surface area contributed by atoms with Crippen molar-refractivity contribution in [2.75, 3.05) is 0 Å². The lowest BCUT2D eigenvalue weighted by molar-refractivity contribution is 0.656. The molecule has 2 aromatic carbocycles. The van der Waals surface area contributed by atoms with E-state index in [9.17, 15) is 4.79 Å². The number of pyridine rings is 1. The molecule has 0 amide bonds. The van der Waals surface area contributed by atoms with Crippen molar-refractivity contribution in [3.63, 3.8) is 0 Å². The highest BCUT2D eigenvalue weighted by Gasteiger charge is 2.14. The zero-order valence-electron chi connectivity index (χ0n) is 14.7. The summed E-state index contributed by atoms with van der Waals surface area (Å²) < 4.78 is 3.70. The lowest BCUT2D eigenvalue weighted by atomic mass is 10.1. The molecule has 0 unspecified atom stereocenters. The fourth-order valence-corrected chi connectivity index (χ4v) is 3.69. The maximum absolute atomic E-state index is 13.2. The molecule has 0 bridgehead atoms. The van der Waals surface area contributed by atoms with Crippen molar-refractivity contribution in [3.05, 3.63) is 94.2 Å². The Kier molecular flexibility index (Phi) is 3.65. The van der Waals surface area contributed by atoms with Crippen LogP contribution < -0.4 is 5.56 Å². The number of aryl methyl sites for hydroxylation is 1. The molecule has 2 aromatic heterocycles. The number of hydrogen-bond acceptors (Lipinski definition) is 2. The third kappa shape index (κ3) is 2.65. The molecular weight excluding hydrogens is 334 g/mol. The zero-order chi connectivity index (χ0) is 18.2. The van der Waals surface area contributed by atoms with E-state index in [0.29, 0.717) is 5.39 Å². The minimum absolute atomic E-state index is 0.0520. The first kappa shape index (κ1) is 15.7. The summed E-state index contributed by atoms with van der Waals surface area (Å²) in [6, 6.07) is 17.4. The van der Waals surface area contributed by atoms with Gasteiger partial charge in [-0.3, -0.25) is 14.0 Å². The van der Waals surface area contributed by atoms with Crippen LogP contribution in [0, 0.1) is 11.8 Å². The quantitative estimate of drug-likeness (QED) is 0.492. The Labute approximate surface area is 156 Å². The van der Waals surface area contributed by atoms with E-state index in [1.165, 1.54) is 5.69 Å². The SMILES string of the molecule is O=c1c2c(C#Cc3cnn4c3CCC4)cccc2ccn1-c1ccccc1. The van der Waals surface area contributed by atoms with Crippen molar-refractivity contribution in [1.82, 2.24) is 14.3 Å². The standard InChI is InChI=1S/C23H17N3O/c27-23-22-17(11-12-19-16-24-26-14-5-10-21(19)26)6-4-7-18(22)13-15-25(23)20-8-2-1-3-9-20/h1-4,6-9,13,15-16H,5,10,14H2. The first-order valence-corrected chi connectivity index (χ1v) is 9.08. The van der Waals surface area contributed by atoms with Gasteiger partial charge in [0.05, 0.1) is 22.8 Å². The van der Waals surface area contributed by atoms with Gasteiger partial charge in [-0.15, -0.1) is 0 Å². The summed E-state index contributed by atoms with van der Waals surface area (Å²) in [4.78, 5) is 13.2. The third-order valence-corrected chi connectivity index (χ3v) is 5.03. The monoisotopic (exact) mass is 351 g/mol. The zero-order valence-corrected chi connectivity index (χ0v) is 14.7. The van der Waals surface area contributed by atoms with Gasteiger partial charge in [-0.1, -0.05) is 42.2 Å². The van der Waals surface area contributed by atoms with Gasteiger partial charge in [-0.05, 0) is 42.5 Å². The average Bonchev–Trinajstić information content (AvgIpc) is 3.31. The molecule has 4 heteroatoms. The van der Waals surface area contributed by atoms with Gasteiger partial charge in [0, 0.05) is 24.0 Å². The van der Waals surface area contributed by atoms with E-state index in [-0.39, 0.29) is 5.56 Å². The van der Waals surface area contributed by atoms with Crippen LogP contribution in [0.4, 0.5) is 0 Å². The lowest BCUT2D eigenvalue weighted by Gasteiger charge is -2.08. The van der Waals surface area contributed by atoms with Crippen LogP contribution in [0.3, 0.4) is 0 Å². The molecule has 0 spiro atoms. The van der Waals surface area contributed by atoms with Crippen LogP contribution in [0.15, 0.2) is 71.8 Å². The molecule has 0 N–H and O–H groups in total. The molecular formula is C23H17N3O. The summed E-state index contributed by atoms with van der Waals surface area (Å²) in [5, 5.41) is 5.95. The number of para-hydroxylation sites is 1. The Hall–Kier alpha value is -3.58. The first-order valence-electron chi connectivity index (χ1n) is 9.08. The summed E-state index contributed by atoms with van der Waals surface area (Å²) in [6.07, 6.45) is 5.78. The Morgan fingerprint density at radius 3 is 2.67 bits per heavy atom. The molecule has 27 heavy (non-hydrogen) atoms. The second-order valence-corrected chi connectivity index (χ2v) is 6.68. The molecule has 130 valence electrons. The maximum Gasteiger partial charge on any atom is 0.264 e. The van der Waals surface area contributed by atoms with E-state index in [0.717, 1.165) is 41.6 Å². The summed E-state index contributed by atoms with van der Waals surface area (Å²) >= 11 is 0. The molecule has 0 saturated carbocycles. The average molecular weight is 351 g/mol. The van der Waals surface area contributed by atoms with Crippen LogP contribution in [0.5, 0.6) is 0 Å². The summed E-state index contributed by atoms with van der Waals surface area (Å²) in [6.45, 7) is 0.965. The minimum atomic E-state index is -0.0520. The van der Waals surface area contributed by atoms with Crippen molar-refractivity contribution in [3.8, 4) is 17.5 Å². The van der Waals surface area contributed by atoms with Crippen LogP contribution in [0.1, 0.15) is 23.2 Å². The molecule has 4 nitrogen and oxygen atoms in total. The smallest absolute Gasteiger partial charge is 0.264 e. The van der Waals surface area contributed by atoms with E-state index in [4.69, 9.17) is 0 Å². The van der Waals surface area contributed by atoms with Gasteiger partial charge < -0.3 is 0 Å². The van der Waals surface area contributed by atoms with Gasteiger partial charge in [0.2, 0.25) is 0 Å². The highest BCUT2D eigenvalue weighted by molar-refractivity contribution is 5.87. The van der Waals surface area contributed by atoms with Gasteiger partial charge in [0.1, 0.15) is 0 Å². The van der Waals surface area contributed by atoms with E-state index >= 15 is 0 Å². The number of aromatic nitrogens is 3. The van der Waals surface area contributed by atoms with Crippen LogP contribution in [0.25, 0.3) is 16.5 Å². The second kappa shape index (κ2) is 6.30. The second-order valence-electron chi connectivity index (χ2n) is 6.68. The van der Waals surface area contributed by atoms with E-state index < -0.39 is 0 Å². The number of fused-ring (bicyclic) bond motifs is 2. The van der Waals surface area contributed by atoms with Crippen molar-refractivity contribution < 1.29 is 0 Å². The van der Waals surface area contributed by atoms with Crippen molar-refractivity contribution in [2.45, 2.75) is 19.4 Å². The number of nitrogens with zero attached hydrogens (tertiary/aromatic N) is 3. The van der Waals surface area contributed by atoms with E-state index in [1.54, 1.807) is 4.57 Å². The largest absolute Gasteiger partial charge is 0.284 e. The van der Waals surface area contributed by atoms with Gasteiger partial charge in [0.25, 0.3) is 5.56 Å². The topological polar surface area (TPSA) is 39.8 Å². The predicted octanol–water partition coefficient (Wildman–Crippen LogP) is 3.53. The Morgan fingerprint density at radius 1 is 0.926 bits per heavy atom. The number of hydrogen-bond donors (Lipinski definition) is 0. The predicted molar refractivity (Wildman–Crippen MR) is 106 cm³/mol. The molecule has 3 heterocycles. The Morgan fingerprint density at radius 2 is 1.78 bits per heavy atom. The fraction of sp³-hybridized carbons (Fsp3) is 0.130. The molecule has 0 atom stereocenters. The van der Waals surface area contributed by atoms with Crippen molar-refractivity contribution in [2.24, 2.45) is 0 Å². The third-order valence-electron chi connectivity index (χ3n) is 5.03. The summed E-state index contributed by atoms with van der Waals surface area (Å²) in [7, 11) is 0. The molecule has 0 saturated heterocycles. The number of benzene rings is 2. The van der Waals surface area contributed by atoms with Crippen molar-refractivity contribution >= 4 is 10.8 Å². The molecule has 1 aliphatic heterocycles. The lowest BCUT2D eigenvalue weighted by Crippen LogP contribution is -2.18. The molecule has 0 fully saturated rings. The van der Waals surface area contributed by atoms with Crippen LogP contribution in [-0.4, -0.2) is 14.3 Å². The van der Waals surface area contributed by atoms with E-state index in [2.05, 4.69) is 16.9 Å². The maximum atomic E-state index is 13.2. The first-order chi connectivity index (χ1) is 13.3. The van der Waals surface area contributed by atoms with Crippen molar-refractivity contribution in [1.29, 1.82) is 0 Å². The Bertz CT molecular complexity index is 1270. The summed E-state index contributed by atoms with van der Waals surface area (Å²) in [5.74, 6) is 6.46. The van der Waals surface area contributed by atoms with E-state index in [1.807, 2.05) is 71.7 Å². The molecule has 0 aliphatic carbocycles. The highest BCUT2D eigenvalue weighted by Crippen LogP contribution is 2.19. The number of rotatable bonds is 1. The highest BCUT2D eigenvalue weighted by atomic mass is 16.1. The van der Waals surface area contributed by atoms with Gasteiger partial charge in [-0.25, -0.2) is 0 Å². The summed E-state index contributed by atoms with van der Waals surface area (Å²) in [5.41, 5.74) is 3.71. The van der Waals surface area contributed by atoms with Gasteiger partial charge in [-0.2, -0.15) is 5.10 Å². The fourth-order valence-electron chi connectivity index (χ4n) is 3.69. The Balaban J connectivity index is 1.67. The van der Waals surface area contributed by atoms with Gasteiger partial charge >= 0.3 is 0 Å². The van der Waals surface area contributed by atoms with Crippen LogP contribution in [0.2, 0.25) is 0 Å². The molecule has 0 radical (unpaired) electrons. The normalized spacial score (nSPS) is 12.6. The molecule has 4 aromatic rings. The van der Waals surface area contributed by atoms with Gasteiger partial charge in [0.15, 0.2) is 0 Å². The van der Waals surface area contributed by atoms with Crippen LogP contribution >= 0.6 is 0 Å². The molecule has 5 rings (SSSR count). The van der Waals surface area contributed by atoms with Crippen LogP contribution in [-0.2, 0) is 13.0 Å².